The second-order valence-electron chi connectivity index (χ2n) is 10.2. The van der Waals surface area contributed by atoms with Crippen LogP contribution in [-0.4, -0.2) is 55.5 Å². The smallest absolute Gasteiger partial charge is 0.294 e. The number of hydrogen-bond donors (Lipinski definition) is 6. The van der Waals surface area contributed by atoms with E-state index in [2.05, 4.69) is 40.9 Å². The van der Waals surface area contributed by atoms with E-state index in [1.54, 1.807) is 24.3 Å². The largest absolute Gasteiger partial charge is 0.397 e. The van der Waals surface area contributed by atoms with Crippen LogP contribution in [0.15, 0.2) is 148 Å². The van der Waals surface area contributed by atoms with Crippen molar-refractivity contribution >= 4 is 118 Å². The zero-order valence-electron chi connectivity index (χ0n) is 26.5. The second-order valence-corrected chi connectivity index (χ2v) is 13.0. The first-order valence-electron chi connectivity index (χ1n) is 14.0. The van der Waals surface area contributed by atoms with E-state index in [1.807, 2.05) is 0 Å². The van der Waals surface area contributed by atoms with Gasteiger partial charge in [0.25, 0.3) is 20.2 Å². The molecular weight excluding hydrogens is 712 g/mol. The van der Waals surface area contributed by atoms with E-state index in [-0.39, 0.29) is 84.8 Å². The molecule has 0 aliphatic rings. The Morgan fingerprint density at radius 3 is 0.980 bits per heavy atom. The van der Waals surface area contributed by atoms with Crippen LogP contribution in [0.4, 0.5) is 68.2 Å². The van der Waals surface area contributed by atoms with Gasteiger partial charge in [-0.1, -0.05) is 6.07 Å². The fraction of sp³-hybridized carbons (Fsp3) is 0. The van der Waals surface area contributed by atoms with E-state index in [0.29, 0.717) is 22.7 Å². The molecule has 0 atom stereocenters. The molecule has 0 bridgehead atoms. The molecule has 0 aromatic heterocycles. The molecule has 1 radical (unpaired) electrons. The Morgan fingerprint density at radius 1 is 0.392 bits per heavy atom. The van der Waals surface area contributed by atoms with Crippen LogP contribution in [-0.2, 0) is 20.2 Å². The molecule has 21 heteroatoms. The fourth-order valence-electron chi connectivity index (χ4n) is 4.00. The first-order valence-corrected chi connectivity index (χ1v) is 16.8. The number of nitrogens with two attached hydrogens (primary N) is 4. The van der Waals surface area contributed by atoms with Crippen molar-refractivity contribution in [2.24, 2.45) is 40.9 Å². The molecule has 0 heterocycles. The monoisotopic (exact) mass is 737 g/mol. The van der Waals surface area contributed by atoms with E-state index in [1.165, 1.54) is 72.8 Å². The third-order valence-corrected chi connectivity index (χ3v) is 8.28. The third kappa shape index (κ3) is 10.3. The Bertz CT molecular complexity index is 2260. The van der Waals surface area contributed by atoms with Crippen molar-refractivity contribution in [2.45, 2.75) is 9.79 Å². The van der Waals surface area contributed by atoms with Crippen molar-refractivity contribution in [2.75, 3.05) is 22.9 Å². The maximum absolute atomic E-state index is 11.2. The summed E-state index contributed by atoms with van der Waals surface area (Å²) >= 11 is 0. The summed E-state index contributed by atoms with van der Waals surface area (Å²) in [4.78, 5) is -0.571. The van der Waals surface area contributed by atoms with E-state index in [0.717, 1.165) is 0 Å². The minimum absolute atomic E-state index is 0. The fourth-order valence-corrected chi connectivity index (χ4v) is 4.96. The van der Waals surface area contributed by atoms with Crippen LogP contribution in [0.25, 0.3) is 0 Å². The molecule has 0 saturated carbocycles. The Morgan fingerprint density at radius 2 is 0.686 bits per heavy atom. The molecule has 5 aromatic rings. The van der Waals surface area contributed by atoms with Gasteiger partial charge >= 0.3 is 0 Å². The summed E-state index contributed by atoms with van der Waals surface area (Å²) in [5.74, 6) is 0. The Balaban J connectivity index is 0.00000583. The molecule has 5 aromatic carbocycles. The van der Waals surface area contributed by atoms with Gasteiger partial charge in [-0.2, -0.15) is 37.3 Å². The molecular formula is C30H26N12NaO6S2. The summed E-state index contributed by atoms with van der Waals surface area (Å²) in [6.45, 7) is 0. The summed E-state index contributed by atoms with van der Waals surface area (Å²) in [5.41, 5.74) is 27.5. The van der Waals surface area contributed by atoms with Gasteiger partial charge in [-0.05, 0) is 91.0 Å². The minimum Gasteiger partial charge on any atom is -0.397 e. The number of hydrogen-bond acceptors (Lipinski definition) is 16. The van der Waals surface area contributed by atoms with Gasteiger partial charge in [0.1, 0.15) is 22.7 Å². The number of benzene rings is 5. The van der Waals surface area contributed by atoms with E-state index < -0.39 is 20.2 Å². The average Bonchev–Trinajstić information content (AvgIpc) is 3.06. The minimum atomic E-state index is -4.34. The van der Waals surface area contributed by atoms with E-state index in [9.17, 15) is 16.8 Å². The molecule has 0 unspecified atom stereocenters. The van der Waals surface area contributed by atoms with Gasteiger partial charge in [0.2, 0.25) is 0 Å². The van der Waals surface area contributed by atoms with Crippen LogP contribution in [0.1, 0.15) is 0 Å². The van der Waals surface area contributed by atoms with Crippen LogP contribution in [0, 0.1) is 0 Å². The number of nitrogens with zero attached hydrogens (tertiary/aromatic N) is 8. The van der Waals surface area contributed by atoms with Gasteiger partial charge in [0.15, 0.2) is 0 Å². The zero-order valence-corrected chi connectivity index (χ0v) is 30.1. The van der Waals surface area contributed by atoms with Crippen LogP contribution in [0.2, 0.25) is 0 Å². The molecule has 10 N–H and O–H groups in total. The summed E-state index contributed by atoms with van der Waals surface area (Å²) in [7, 11) is -8.69. The third-order valence-electron chi connectivity index (χ3n) is 6.54. The summed E-state index contributed by atoms with van der Waals surface area (Å²) in [6.07, 6.45) is 0. The molecule has 0 aliphatic heterocycles. The van der Waals surface area contributed by atoms with Crippen LogP contribution < -0.4 is 22.9 Å². The molecule has 0 aliphatic carbocycles. The van der Waals surface area contributed by atoms with Crippen molar-refractivity contribution in [3.63, 3.8) is 0 Å². The zero-order chi connectivity index (χ0) is 36.1. The van der Waals surface area contributed by atoms with Crippen molar-refractivity contribution < 1.29 is 25.9 Å². The average molecular weight is 738 g/mol. The van der Waals surface area contributed by atoms with Gasteiger partial charge in [-0.25, -0.2) is 0 Å². The summed E-state index contributed by atoms with van der Waals surface area (Å²) in [6, 6.07) is 22.6. The van der Waals surface area contributed by atoms with Gasteiger partial charge in [0, 0.05) is 29.6 Å². The molecule has 0 fully saturated rings. The van der Waals surface area contributed by atoms with Gasteiger partial charge in [0.05, 0.1) is 55.3 Å². The maximum Gasteiger partial charge on any atom is 0.294 e. The van der Waals surface area contributed by atoms with Crippen molar-refractivity contribution in [1.82, 2.24) is 0 Å². The SMILES string of the molecule is Nc1cc(N)c(N=Nc2cccc(N=Nc3cc(N=Nc4ccc(S(=O)(=O)O)cc4)c(N)cc3N)c2)cc1N=Nc1ccc(S(=O)(=O)O)cc1.[Na]. The van der Waals surface area contributed by atoms with E-state index >= 15 is 0 Å². The van der Waals surface area contributed by atoms with Gasteiger partial charge in [-0.15, -0.1) is 20.5 Å². The Hall–Kier alpha value is -5.48. The van der Waals surface area contributed by atoms with Crippen LogP contribution >= 0.6 is 0 Å². The molecule has 18 nitrogen and oxygen atoms in total. The van der Waals surface area contributed by atoms with Crippen LogP contribution in [0.3, 0.4) is 0 Å². The molecule has 0 amide bonds. The number of anilines is 4. The molecule has 255 valence electrons. The second kappa shape index (κ2) is 16.0. The molecule has 5 rings (SSSR count). The number of rotatable bonds is 10. The maximum atomic E-state index is 11.2. The molecule has 0 saturated heterocycles. The van der Waals surface area contributed by atoms with Crippen molar-refractivity contribution in [3.8, 4) is 0 Å². The predicted octanol–water partition coefficient (Wildman–Crippen LogP) is 7.79. The molecule has 51 heavy (non-hydrogen) atoms. The van der Waals surface area contributed by atoms with Gasteiger partial charge in [-0.3, -0.25) is 9.11 Å². The predicted molar refractivity (Wildman–Crippen MR) is 192 cm³/mol. The van der Waals surface area contributed by atoms with Crippen LogP contribution in [0.5, 0.6) is 0 Å². The Kier molecular flexibility index (Phi) is 12.0. The first-order chi connectivity index (χ1) is 23.7. The van der Waals surface area contributed by atoms with Crippen molar-refractivity contribution in [1.29, 1.82) is 0 Å². The Labute approximate surface area is 312 Å². The quantitative estimate of drug-likeness (QED) is 0.0349. The van der Waals surface area contributed by atoms with Crippen molar-refractivity contribution in [3.05, 3.63) is 97.1 Å². The standard InChI is InChI=1S/C30H26N12O6S2.Na/c31-23-13-25(33)29(15-27(23)39-35-17-4-8-21(9-5-17)49(43,44)45)41-37-19-2-1-3-20(12-19)38-42-30-16-28(24(32)14-26(30)34)40-36-18-6-10-22(11-7-18)50(46,47)48;/h1-16H,31-34H2,(H,43,44,45)(H,46,47,48);. The van der Waals surface area contributed by atoms with Gasteiger partial charge < -0.3 is 22.9 Å². The molecule has 0 spiro atoms. The van der Waals surface area contributed by atoms with E-state index in [4.69, 9.17) is 32.0 Å². The summed E-state index contributed by atoms with van der Waals surface area (Å²) in [5, 5.41) is 33.1. The summed E-state index contributed by atoms with van der Waals surface area (Å²) < 4.78 is 63.2. The number of nitrogen functional groups attached to an aromatic ring is 4. The first kappa shape index (κ1) is 38.3. The topological polar surface area (TPSA) is 312 Å². The number of azo groups is 4. The normalized spacial score (nSPS) is 12.3.